The molecule has 1 N–H and O–H groups in total. The van der Waals surface area contributed by atoms with E-state index in [1.165, 1.54) is 0 Å². The molecule has 0 radical (unpaired) electrons. The summed E-state index contributed by atoms with van der Waals surface area (Å²) in [7, 11) is -3.19. The van der Waals surface area contributed by atoms with Crippen LogP contribution in [0.15, 0.2) is 0 Å². The van der Waals surface area contributed by atoms with Gasteiger partial charge in [-0.1, -0.05) is 6.92 Å². The molecule has 0 bridgehead atoms. The van der Waals surface area contributed by atoms with Gasteiger partial charge in [0, 0.05) is 32.7 Å². The minimum absolute atomic E-state index is 0.500. The molecule has 0 spiro atoms. The summed E-state index contributed by atoms with van der Waals surface area (Å²) in [4.78, 5) is 0. The van der Waals surface area contributed by atoms with Crippen LogP contribution < -0.4 is 5.32 Å². The summed E-state index contributed by atoms with van der Waals surface area (Å²) in [6.45, 7) is 6.43. The smallest absolute Gasteiger partial charge is 0.282 e. The van der Waals surface area contributed by atoms with Crippen LogP contribution in [0.3, 0.4) is 0 Å². The summed E-state index contributed by atoms with van der Waals surface area (Å²) in [6.07, 6.45) is 1.90. The van der Waals surface area contributed by atoms with Crippen LogP contribution in [0.25, 0.3) is 0 Å². The molecule has 16 heavy (non-hydrogen) atoms. The summed E-state index contributed by atoms with van der Waals surface area (Å²) in [5.74, 6) is 0.500. The average molecular weight is 247 g/mol. The molecular weight excluding hydrogens is 226 g/mol. The Labute approximate surface area is 98.0 Å². The van der Waals surface area contributed by atoms with Gasteiger partial charge in [0.05, 0.1) is 0 Å². The second-order valence-electron chi connectivity index (χ2n) is 4.76. The highest BCUT2D eigenvalue weighted by molar-refractivity contribution is 7.86. The van der Waals surface area contributed by atoms with Crippen LogP contribution in [0.2, 0.25) is 0 Å². The van der Waals surface area contributed by atoms with E-state index in [0.717, 1.165) is 25.9 Å². The molecule has 0 aromatic heterocycles. The van der Waals surface area contributed by atoms with Crippen molar-refractivity contribution in [3.63, 3.8) is 0 Å². The van der Waals surface area contributed by atoms with Gasteiger partial charge in [0.2, 0.25) is 0 Å². The monoisotopic (exact) mass is 247 g/mol. The third kappa shape index (κ3) is 2.56. The predicted octanol–water partition coefficient (Wildman–Crippen LogP) is -0.132. The number of nitrogens with one attached hydrogen (secondary N) is 1. The molecule has 2 heterocycles. The molecule has 2 aliphatic rings. The van der Waals surface area contributed by atoms with Crippen LogP contribution in [0.1, 0.15) is 19.8 Å². The van der Waals surface area contributed by atoms with E-state index in [-0.39, 0.29) is 0 Å². The lowest BCUT2D eigenvalue weighted by molar-refractivity contribution is 0.368. The van der Waals surface area contributed by atoms with E-state index in [9.17, 15) is 8.42 Å². The van der Waals surface area contributed by atoms with Crippen molar-refractivity contribution in [2.45, 2.75) is 19.8 Å². The Morgan fingerprint density at radius 3 is 2.62 bits per heavy atom. The average Bonchev–Trinajstić information content (AvgIpc) is 2.54. The second-order valence-corrected chi connectivity index (χ2v) is 6.69. The van der Waals surface area contributed by atoms with Crippen molar-refractivity contribution in [3.05, 3.63) is 0 Å². The molecule has 0 aromatic carbocycles. The molecule has 5 nitrogen and oxygen atoms in total. The SMILES string of the molecule is CC1CCN(S(=O)(=O)N2CCCNCC2)C1. The van der Waals surface area contributed by atoms with Gasteiger partial charge < -0.3 is 5.32 Å². The van der Waals surface area contributed by atoms with Gasteiger partial charge in [0.1, 0.15) is 0 Å². The maximum absolute atomic E-state index is 12.3. The minimum atomic E-state index is -3.19. The molecule has 6 heteroatoms. The zero-order valence-electron chi connectivity index (χ0n) is 9.85. The van der Waals surface area contributed by atoms with Gasteiger partial charge >= 0.3 is 0 Å². The molecule has 0 amide bonds. The molecule has 2 rings (SSSR count). The maximum atomic E-state index is 12.3. The Morgan fingerprint density at radius 2 is 1.94 bits per heavy atom. The lowest BCUT2D eigenvalue weighted by Crippen LogP contribution is -2.44. The molecule has 1 atom stereocenters. The lowest BCUT2D eigenvalue weighted by Gasteiger charge is -2.25. The fraction of sp³-hybridized carbons (Fsp3) is 1.00. The number of hydrogen-bond acceptors (Lipinski definition) is 3. The summed E-state index contributed by atoms with van der Waals surface area (Å²) >= 11 is 0. The van der Waals surface area contributed by atoms with E-state index >= 15 is 0 Å². The van der Waals surface area contributed by atoms with Crippen molar-refractivity contribution in [1.82, 2.24) is 13.9 Å². The fourth-order valence-electron chi connectivity index (χ4n) is 2.32. The van der Waals surface area contributed by atoms with E-state index < -0.39 is 10.2 Å². The van der Waals surface area contributed by atoms with Crippen molar-refractivity contribution < 1.29 is 8.42 Å². The highest BCUT2D eigenvalue weighted by Gasteiger charge is 2.33. The van der Waals surface area contributed by atoms with Crippen LogP contribution in [-0.4, -0.2) is 56.3 Å². The van der Waals surface area contributed by atoms with Gasteiger partial charge in [-0.3, -0.25) is 0 Å². The summed E-state index contributed by atoms with van der Waals surface area (Å²) in [5, 5.41) is 3.22. The molecule has 2 aliphatic heterocycles. The van der Waals surface area contributed by atoms with Crippen LogP contribution in [0.4, 0.5) is 0 Å². The third-order valence-electron chi connectivity index (χ3n) is 3.34. The molecule has 94 valence electrons. The predicted molar refractivity (Wildman–Crippen MR) is 63.3 cm³/mol. The Morgan fingerprint density at radius 1 is 1.12 bits per heavy atom. The first-order valence-corrected chi connectivity index (χ1v) is 7.46. The quantitative estimate of drug-likeness (QED) is 0.739. The molecule has 2 fully saturated rings. The zero-order chi connectivity index (χ0) is 11.6. The molecule has 2 saturated heterocycles. The largest absolute Gasteiger partial charge is 0.315 e. The first-order chi connectivity index (χ1) is 7.60. The highest BCUT2D eigenvalue weighted by Crippen LogP contribution is 2.21. The van der Waals surface area contributed by atoms with Crippen LogP contribution >= 0.6 is 0 Å². The third-order valence-corrected chi connectivity index (χ3v) is 5.34. The summed E-state index contributed by atoms with van der Waals surface area (Å²) < 4.78 is 27.9. The van der Waals surface area contributed by atoms with Gasteiger partial charge in [0.15, 0.2) is 0 Å². The van der Waals surface area contributed by atoms with Crippen molar-refractivity contribution in [3.8, 4) is 0 Å². The minimum Gasteiger partial charge on any atom is -0.315 e. The number of hydrogen-bond donors (Lipinski definition) is 1. The van der Waals surface area contributed by atoms with Gasteiger partial charge in [-0.15, -0.1) is 0 Å². The number of rotatable bonds is 2. The number of nitrogens with zero attached hydrogens (tertiary/aromatic N) is 2. The fourth-order valence-corrected chi connectivity index (χ4v) is 4.11. The molecule has 0 aliphatic carbocycles. The van der Waals surface area contributed by atoms with Crippen LogP contribution in [0.5, 0.6) is 0 Å². The Balaban J connectivity index is 2.05. The topological polar surface area (TPSA) is 52.7 Å². The van der Waals surface area contributed by atoms with Gasteiger partial charge in [-0.2, -0.15) is 17.0 Å². The summed E-state index contributed by atoms with van der Waals surface area (Å²) in [5.41, 5.74) is 0. The first-order valence-electron chi connectivity index (χ1n) is 6.06. The zero-order valence-corrected chi connectivity index (χ0v) is 10.7. The Hall–Kier alpha value is -0.170. The van der Waals surface area contributed by atoms with Gasteiger partial charge in [-0.05, 0) is 25.3 Å². The molecule has 0 saturated carbocycles. The van der Waals surface area contributed by atoms with E-state index in [1.54, 1.807) is 8.61 Å². The second kappa shape index (κ2) is 5.00. The Bertz CT molecular complexity index is 323. The van der Waals surface area contributed by atoms with E-state index in [4.69, 9.17) is 0 Å². The molecule has 0 aromatic rings. The lowest BCUT2D eigenvalue weighted by atomic mass is 10.2. The van der Waals surface area contributed by atoms with Crippen molar-refractivity contribution in [2.75, 3.05) is 39.3 Å². The summed E-state index contributed by atoms with van der Waals surface area (Å²) in [6, 6.07) is 0. The van der Waals surface area contributed by atoms with Crippen molar-refractivity contribution in [1.29, 1.82) is 0 Å². The Kier molecular flexibility index (Phi) is 3.84. The van der Waals surface area contributed by atoms with Crippen LogP contribution in [-0.2, 0) is 10.2 Å². The normalized spacial score (nSPS) is 30.4. The van der Waals surface area contributed by atoms with E-state index in [1.807, 2.05) is 0 Å². The highest BCUT2D eigenvalue weighted by atomic mass is 32.2. The molecular formula is C10H21N3O2S. The van der Waals surface area contributed by atoms with Crippen LogP contribution in [0, 0.1) is 5.92 Å². The van der Waals surface area contributed by atoms with E-state index in [0.29, 0.717) is 32.1 Å². The van der Waals surface area contributed by atoms with E-state index in [2.05, 4.69) is 12.2 Å². The standard InChI is InChI=1S/C10H21N3O2S/c1-10-3-7-13(9-10)16(14,15)12-6-2-4-11-5-8-12/h10-11H,2-9H2,1H3. The van der Waals surface area contributed by atoms with Crippen molar-refractivity contribution in [2.24, 2.45) is 5.92 Å². The van der Waals surface area contributed by atoms with Gasteiger partial charge in [-0.25, -0.2) is 0 Å². The van der Waals surface area contributed by atoms with Crippen molar-refractivity contribution >= 4 is 10.2 Å². The molecule has 1 unspecified atom stereocenters. The maximum Gasteiger partial charge on any atom is 0.282 e. The van der Waals surface area contributed by atoms with Gasteiger partial charge in [0.25, 0.3) is 10.2 Å². The first kappa shape index (κ1) is 12.3.